The number of hydrogen-bond acceptors (Lipinski definition) is 9. The highest BCUT2D eigenvalue weighted by atomic mass is 31.2. The van der Waals surface area contributed by atoms with Crippen LogP contribution in [-0.4, -0.2) is 73.1 Å². The summed E-state index contributed by atoms with van der Waals surface area (Å²) in [6, 6.07) is -0.762. The van der Waals surface area contributed by atoms with Gasteiger partial charge in [-0.15, -0.1) is 0 Å². The molecule has 1 aliphatic heterocycles. The molecular weight excluding hydrogens is 429 g/mol. The summed E-state index contributed by atoms with van der Waals surface area (Å²) >= 11 is 0. The Morgan fingerprint density at radius 3 is 2.10 bits per heavy atom. The van der Waals surface area contributed by atoms with Crippen LogP contribution in [-0.2, 0) is 37.4 Å². The molecule has 0 spiro atoms. The summed E-state index contributed by atoms with van der Waals surface area (Å²) in [6.07, 6.45) is -1.91. The summed E-state index contributed by atoms with van der Waals surface area (Å²) < 4.78 is 40.9. The zero-order valence-corrected chi connectivity index (χ0v) is 20.3. The van der Waals surface area contributed by atoms with Crippen LogP contribution in [0, 0.1) is 0 Å². The number of carbonyl (C=O) groups is 2. The maximum absolute atomic E-state index is 13.4. The minimum Gasteiger partial charge on any atom is -0.465 e. The topological polar surface area (TPSA) is 130 Å². The van der Waals surface area contributed by atoms with E-state index in [1.165, 1.54) is 6.92 Å². The van der Waals surface area contributed by atoms with Crippen LogP contribution in [0.15, 0.2) is 0 Å². The Kier molecular flexibility index (Phi) is 12.2. The molecule has 2 N–H and O–H groups in total. The average molecular weight is 467 g/mol. The molecule has 0 aromatic heterocycles. The maximum atomic E-state index is 13.4. The predicted molar refractivity (Wildman–Crippen MR) is 114 cm³/mol. The quantitative estimate of drug-likeness (QED) is 0.292. The van der Waals surface area contributed by atoms with Crippen molar-refractivity contribution in [3.05, 3.63) is 0 Å². The minimum atomic E-state index is -3.90. The molecule has 0 radical (unpaired) electrons. The zero-order valence-electron chi connectivity index (χ0n) is 19.4. The van der Waals surface area contributed by atoms with Crippen LogP contribution >= 0.6 is 7.60 Å². The molecule has 0 aromatic rings. The molecule has 31 heavy (non-hydrogen) atoms. The van der Waals surface area contributed by atoms with Crippen LogP contribution in [0.3, 0.4) is 0 Å². The van der Waals surface area contributed by atoms with Gasteiger partial charge in [-0.2, -0.15) is 0 Å². The largest absolute Gasteiger partial charge is 0.465 e. The summed E-state index contributed by atoms with van der Waals surface area (Å²) in [4.78, 5) is 24.5. The van der Waals surface area contributed by atoms with E-state index in [2.05, 4.69) is 5.32 Å². The molecule has 10 nitrogen and oxygen atoms in total. The molecule has 1 aliphatic rings. The first-order chi connectivity index (χ1) is 14.7. The molecule has 1 amide bonds. The van der Waals surface area contributed by atoms with Gasteiger partial charge in [-0.05, 0) is 33.6 Å². The monoisotopic (exact) mass is 467 g/mol. The van der Waals surface area contributed by atoms with Crippen LogP contribution < -0.4 is 5.32 Å². The van der Waals surface area contributed by atoms with Gasteiger partial charge in [-0.25, -0.2) is 0 Å². The number of esters is 1. The Morgan fingerprint density at radius 1 is 1.06 bits per heavy atom. The smallest absolute Gasteiger partial charge is 0.344 e. The van der Waals surface area contributed by atoms with Crippen molar-refractivity contribution in [2.75, 3.05) is 19.8 Å². The fourth-order valence-corrected chi connectivity index (χ4v) is 5.54. The molecule has 1 heterocycles. The van der Waals surface area contributed by atoms with Gasteiger partial charge in [-0.3, -0.25) is 14.2 Å². The third-order valence-corrected chi connectivity index (χ3v) is 7.42. The summed E-state index contributed by atoms with van der Waals surface area (Å²) in [5, 5.41) is 13.2. The Hall–Kier alpha value is -1.03. The molecular formula is C20H38NO9P. The Balaban J connectivity index is 3.23. The molecule has 1 fully saturated rings. The first-order valence-corrected chi connectivity index (χ1v) is 12.6. The van der Waals surface area contributed by atoms with Crippen LogP contribution in [0.4, 0.5) is 0 Å². The second-order valence-electron chi connectivity index (χ2n) is 7.21. The molecule has 11 heteroatoms. The number of rotatable bonds is 14. The van der Waals surface area contributed by atoms with Gasteiger partial charge in [0, 0.05) is 13.3 Å². The van der Waals surface area contributed by atoms with Gasteiger partial charge in [0.1, 0.15) is 6.10 Å². The number of carbonyl (C=O) groups excluding carboxylic acids is 2. The van der Waals surface area contributed by atoms with E-state index < -0.39 is 43.8 Å². The fraction of sp³-hybridized carbons (Fsp3) is 0.900. The van der Waals surface area contributed by atoms with Gasteiger partial charge in [0.05, 0.1) is 38.1 Å². The number of ether oxygens (including phenoxy) is 3. The Bertz CT molecular complexity index is 603. The lowest BCUT2D eigenvalue weighted by Crippen LogP contribution is -2.50. The molecule has 0 saturated carbocycles. The van der Waals surface area contributed by atoms with Crippen molar-refractivity contribution in [2.24, 2.45) is 0 Å². The summed E-state index contributed by atoms with van der Waals surface area (Å²) in [7, 11) is -3.90. The molecule has 0 aromatic carbocycles. The van der Waals surface area contributed by atoms with Gasteiger partial charge in [0.2, 0.25) is 5.91 Å². The minimum absolute atomic E-state index is 0.0663. The molecule has 0 aliphatic carbocycles. The third kappa shape index (κ3) is 7.80. The predicted octanol–water partition coefficient (Wildman–Crippen LogP) is 2.37. The van der Waals surface area contributed by atoms with Gasteiger partial charge in [0.15, 0.2) is 11.9 Å². The van der Waals surface area contributed by atoms with Crippen LogP contribution in [0.25, 0.3) is 0 Å². The van der Waals surface area contributed by atoms with Crippen molar-refractivity contribution in [3.8, 4) is 0 Å². The molecule has 0 bridgehead atoms. The number of amides is 1. The summed E-state index contributed by atoms with van der Waals surface area (Å²) in [5.41, 5.74) is -1.28. The van der Waals surface area contributed by atoms with E-state index in [4.69, 9.17) is 23.3 Å². The van der Waals surface area contributed by atoms with E-state index in [9.17, 15) is 19.3 Å². The van der Waals surface area contributed by atoms with Crippen molar-refractivity contribution in [3.63, 3.8) is 0 Å². The van der Waals surface area contributed by atoms with E-state index >= 15 is 0 Å². The Labute approximate surface area is 184 Å². The van der Waals surface area contributed by atoms with E-state index in [0.29, 0.717) is 12.8 Å². The van der Waals surface area contributed by atoms with E-state index in [-0.39, 0.29) is 38.3 Å². The molecule has 1 rings (SSSR count). The maximum Gasteiger partial charge on any atom is 0.344 e. The average Bonchev–Trinajstić information content (AvgIpc) is 2.98. The summed E-state index contributed by atoms with van der Waals surface area (Å²) in [5.74, 6) is -1.10. The molecule has 5 atom stereocenters. The number of aliphatic hydroxyl groups excluding tert-OH is 1. The molecule has 1 unspecified atom stereocenters. The second-order valence-corrected chi connectivity index (χ2v) is 9.43. The van der Waals surface area contributed by atoms with Gasteiger partial charge >= 0.3 is 13.6 Å². The first-order valence-electron chi connectivity index (χ1n) is 11.0. The van der Waals surface area contributed by atoms with Gasteiger partial charge in [0.25, 0.3) is 0 Å². The van der Waals surface area contributed by atoms with Gasteiger partial charge < -0.3 is 33.7 Å². The highest BCUT2D eigenvalue weighted by Crippen LogP contribution is 2.55. The number of hydrogen-bond donors (Lipinski definition) is 2. The molecule has 1 saturated heterocycles. The van der Waals surface area contributed by atoms with Crippen molar-refractivity contribution in [1.29, 1.82) is 0 Å². The van der Waals surface area contributed by atoms with E-state index in [1.807, 2.05) is 13.8 Å². The summed E-state index contributed by atoms with van der Waals surface area (Å²) in [6.45, 7) is 10.4. The lowest BCUT2D eigenvalue weighted by atomic mass is 10.0. The first kappa shape index (κ1) is 28.0. The van der Waals surface area contributed by atoms with Crippen molar-refractivity contribution in [2.45, 2.75) is 97.1 Å². The number of nitrogens with one attached hydrogen (secondary N) is 1. The van der Waals surface area contributed by atoms with Crippen LogP contribution in [0.2, 0.25) is 0 Å². The second kappa shape index (κ2) is 13.5. The SMILES string of the molecule is CCOC(=O)C(C[C@H]1O[C@H](O)[C@@H](OC(CC)CC)[C@@H]1NC(C)=O)P(=O)(OCC)OCC. The molecule has 182 valence electrons. The standard InChI is InChI=1S/C20H38NO9P/c1-7-14(8-2)29-18-17(21-13(6)22)15(30-20(18)24)12-16(19(23)26-9-3)31(25,27-10-4)28-11-5/h14-18,20,24H,7-12H2,1-6H3,(H,21,22)/t15-,16?,17-,18+,20+/m1/s1. The normalized spacial score (nSPS) is 24.9. The lowest BCUT2D eigenvalue weighted by Gasteiger charge is -2.30. The highest BCUT2D eigenvalue weighted by molar-refractivity contribution is 7.55. The Morgan fingerprint density at radius 2 is 1.65 bits per heavy atom. The van der Waals surface area contributed by atoms with Crippen molar-refractivity contribution in [1.82, 2.24) is 5.32 Å². The van der Waals surface area contributed by atoms with E-state index in [0.717, 1.165) is 0 Å². The van der Waals surface area contributed by atoms with Gasteiger partial charge in [-0.1, -0.05) is 13.8 Å². The fourth-order valence-electron chi connectivity index (χ4n) is 3.59. The third-order valence-electron chi connectivity index (χ3n) is 4.99. The van der Waals surface area contributed by atoms with E-state index in [1.54, 1.807) is 20.8 Å². The lowest BCUT2D eigenvalue weighted by molar-refractivity contribution is -0.159. The van der Waals surface area contributed by atoms with Crippen LogP contribution in [0.5, 0.6) is 0 Å². The number of aliphatic hydroxyl groups is 1. The van der Waals surface area contributed by atoms with Crippen molar-refractivity contribution >= 4 is 19.5 Å². The zero-order chi connectivity index (χ0) is 23.6. The van der Waals surface area contributed by atoms with Crippen LogP contribution in [0.1, 0.15) is 60.8 Å². The van der Waals surface area contributed by atoms with Crippen molar-refractivity contribution < 1.29 is 42.5 Å². The highest BCUT2D eigenvalue weighted by Gasteiger charge is 2.51.